The fourth-order valence-corrected chi connectivity index (χ4v) is 2.28. The summed E-state index contributed by atoms with van der Waals surface area (Å²) in [5, 5.41) is 3.36. The molecule has 0 aromatic heterocycles. The number of hydrogen-bond donors (Lipinski definition) is 1. The molecule has 1 aliphatic carbocycles. The summed E-state index contributed by atoms with van der Waals surface area (Å²) >= 11 is 0. The Hall–Kier alpha value is -0.610. The number of carbonyl (C=O) groups excluding carboxylic acids is 1. The first-order valence-electron chi connectivity index (χ1n) is 6.46. The van der Waals surface area contributed by atoms with Crippen molar-refractivity contribution in [3.8, 4) is 0 Å². The highest BCUT2D eigenvalue weighted by Crippen LogP contribution is 2.34. The van der Waals surface area contributed by atoms with E-state index in [2.05, 4.69) is 10.2 Å². The van der Waals surface area contributed by atoms with Gasteiger partial charge in [-0.3, -0.25) is 4.79 Å². The lowest BCUT2D eigenvalue weighted by atomic mass is 9.76. The highest BCUT2D eigenvalue weighted by atomic mass is 16.5. The van der Waals surface area contributed by atoms with Crippen LogP contribution < -0.4 is 5.32 Å². The fraction of sp³-hybridized carbons (Fsp3) is 0.923. The minimum Gasteiger partial charge on any atom is -0.468 e. The summed E-state index contributed by atoms with van der Waals surface area (Å²) in [7, 11) is 5.53. The van der Waals surface area contributed by atoms with Gasteiger partial charge in [-0.25, -0.2) is 0 Å². The zero-order valence-electron chi connectivity index (χ0n) is 11.6. The average Bonchev–Trinajstić information content (AvgIpc) is 2.22. The molecule has 0 spiro atoms. The maximum Gasteiger partial charge on any atom is 0.325 e. The topological polar surface area (TPSA) is 41.6 Å². The second-order valence-corrected chi connectivity index (χ2v) is 5.55. The van der Waals surface area contributed by atoms with Crippen molar-refractivity contribution in [3.63, 3.8) is 0 Å². The molecule has 1 saturated carbocycles. The summed E-state index contributed by atoms with van der Waals surface area (Å²) < 4.78 is 4.93. The summed E-state index contributed by atoms with van der Waals surface area (Å²) in [6, 6.07) is 0. The van der Waals surface area contributed by atoms with E-state index < -0.39 is 5.54 Å². The van der Waals surface area contributed by atoms with E-state index in [4.69, 9.17) is 4.74 Å². The SMILES string of the molecule is COC(=O)C(C)(CC1CCC1)NCCN(C)C. The minimum absolute atomic E-state index is 0.136. The first-order valence-corrected chi connectivity index (χ1v) is 6.46. The number of nitrogens with zero attached hydrogens (tertiary/aromatic N) is 1. The van der Waals surface area contributed by atoms with Crippen LogP contribution in [-0.2, 0) is 9.53 Å². The van der Waals surface area contributed by atoms with E-state index in [1.807, 2.05) is 21.0 Å². The molecule has 1 fully saturated rings. The molecule has 4 heteroatoms. The van der Waals surface area contributed by atoms with Crippen LogP contribution in [0.15, 0.2) is 0 Å². The van der Waals surface area contributed by atoms with Crippen LogP contribution in [0.2, 0.25) is 0 Å². The van der Waals surface area contributed by atoms with Gasteiger partial charge in [0, 0.05) is 13.1 Å². The van der Waals surface area contributed by atoms with Gasteiger partial charge in [-0.05, 0) is 33.4 Å². The van der Waals surface area contributed by atoms with E-state index in [0.29, 0.717) is 5.92 Å². The van der Waals surface area contributed by atoms with Gasteiger partial charge in [-0.15, -0.1) is 0 Å². The van der Waals surface area contributed by atoms with Gasteiger partial charge in [0.05, 0.1) is 7.11 Å². The summed E-state index contributed by atoms with van der Waals surface area (Å²) in [6.07, 6.45) is 4.70. The zero-order valence-corrected chi connectivity index (χ0v) is 11.6. The lowest BCUT2D eigenvalue weighted by Crippen LogP contribution is -2.53. The Kier molecular flexibility index (Phi) is 5.40. The number of esters is 1. The molecule has 17 heavy (non-hydrogen) atoms. The van der Waals surface area contributed by atoms with Crippen LogP contribution in [-0.4, -0.2) is 50.7 Å². The van der Waals surface area contributed by atoms with Crippen molar-refractivity contribution < 1.29 is 9.53 Å². The minimum atomic E-state index is -0.518. The molecule has 4 nitrogen and oxygen atoms in total. The van der Waals surface area contributed by atoms with Crippen molar-refractivity contribution in [1.82, 2.24) is 10.2 Å². The van der Waals surface area contributed by atoms with Gasteiger partial charge in [0.25, 0.3) is 0 Å². The first kappa shape index (κ1) is 14.5. The predicted molar refractivity (Wildman–Crippen MR) is 68.9 cm³/mol. The fourth-order valence-electron chi connectivity index (χ4n) is 2.28. The molecule has 1 N–H and O–H groups in total. The number of rotatable bonds is 7. The molecular formula is C13H26N2O2. The Morgan fingerprint density at radius 3 is 2.53 bits per heavy atom. The lowest BCUT2D eigenvalue weighted by molar-refractivity contribution is -0.149. The summed E-state index contributed by atoms with van der Waals surface area (Å²) in [5.41, 5.74) is -0.518. The Morgan fingerprint density at radius 1 is 1.47 bits per heavy atom. The van der Waals surface area contributed by atoms with Crippen LogP contribution in [0, 0.1) is 5.92 Å². The Labute approximate surface area is 105 Å². The Morgan fingerprint density at radius 2 is 2.12 bits per heavy atom. The van der Waals surface area contributed by atoms with Gasteiger partial charge < -0.3 is 15.0 Å². The third-order valence-corrected chi connectivity index (χ3v) is 3.63. The Bertz CT molecular complexity index is 252. The van der Waals surface area contributed by atoms with Gasteiger partial charge in [0.15, 0.2) is 0 Å². The standard InChI is InChI=1S/C13H26N2O2/c1-13(12(16)17-4,10-11-6-5-7-11)14-8-9-15(2)3/h11,14H,5-10H2,1-4H3. The molecule has 0 saturated heterocycles. The summed E-state index contributed by atoms with van der Waals surface area (Å²) in [5.74, 6) is 0.550. The van der Waals surface area contributed by atoms with Crippen LogP contribution in [0.4, 0.5) is 0 Å². The van der Waals surface area contributed by atoms with Crippen molar-refractivity contribution in [2.24, 2.45) is 5.92 Å². The van der Waals surface area contributed by atoms with E-state index >= 15 is 0 Å². The number of ether oxygens (including phenoxy) is 1. The van der Waals surface area contributed by atoms with Crippen LogP contribution in [0.3, 0.4) is 0 Å². The molecule has 0 aromatic rings. The van der Waals surface area contributed by atoms with E-state index in [9.17, 15) is 4.79 Å². The van der Waals surface area contributed by atoms with Crippen LogP contribution >= 0.6 is 0 Å². The second-order valence-electron chi connectivity index (χ2n) is 5.55. The molecule has 0 amide bonds. The smallest absolute Gasteiger partial charge is 0.325 e. The van der Waals surface area contributed by atoms with Crippen molar-refractivity contribution in [1.29, 1.82) is 0 Å². The van der Waals surface area contributed by atoms with Crippen LogP contribution in [0.1, 0.15) is 32.6 Å². The van der Waals surface area contributed by atoms with Gasteiger partial charge in [0.2, 0.25) is 0 Å². The predicted octanol–water partition coefficient (Wildman–Crippen LogP) is 1.26. The van der Waals surface area contributed by atoms with E-state index in [1.54, 1.807) is 0 Å². The quantitative estimate of drug-likeness (QED) is 0.682. The summed E-state index contributed by atoms with van der Waals surface area (Å²) in [6.45, 7) is 3.70. The molecule has 100 valence electrons. The van der Waals surface area contributed by atoms with E-state index in [-0.39, 0.29) is 5.97 Å². The van der Waals surface area contributed by atoms with Gasteiger partial charge in [0.1, 0.15) is 5.54 Å². The molecule has 0 bridgehead atoms. The number of nitrogens with one attached hydrogen (secondary N) is 1. The number of likely N-dealkylation sites (N-methyl/N-ethyl adjacent to an activating group) is 1. The molecule has 0 aromatic carbocycles. The van der Waals surface area contributed by atoms with Gasteiger partial charge in [-0.1, -0.05) is 19.3 Å². The highest BCUT2D eigenvalue weighted by molar-refractivity contribution is 5.80. The first-order chi connectivity index (χ1) is 7.98. The van der Waals surface area contributed by atoms with Gasteiger partial charge >= 0.3 is 5.97 Å². The monoisotopic (exact) mass is 242 g/mol. The molecule has 1 rings (SSSR count). The maximum atomic E-state index is 11.9. The normalized spacial score (nSPS) is 19.8. The number of methoxy groups -OCH3 is 1. The van der Waals surface area contributed by atoms with Crippen LogP contribution in [0.5, 0.6) is 0 Å². The molecule has 1 aliphatic rings. The molecule has 1 unspecified atom stereocenters. The third kappa shape index (κ3) is 4.28. The van der Waals surface area contributed by atoms with Crippen LogP contribution in [0.25, 0.3) is 0 Å². The van der Waals surface area contributed by atoms with Gasteiger partial charge in [-0.2, -0.15) is 0 Å². The second kappa shape index (κ2) is 6.36. The summed E-state index contributed by atoms with van der Waals surface area (Å²) in [4.78, 5) is 14.0. The molecule has 0 radical (unpaired) electrons. The van der Waals surface area contributed by atoms with E-state index in [1.165, 1.54) is 26.4 Å². The number of carbonyl (C=O) groups is 1. The zero-order chi connectivity index (χ0) is 12.9. The third-order valence-electron chi connectivity index (χ3n) is 3.63. The maximum absolute atomic E-state index is 11.9. The lowest BCUT2D eigenvalue weighted by Gasteiger charge is -2.36. The molecule has 0 heterocycles. The number of hydrogen-bond acceptors (Lipinski definition) is 4. The van der Waals surface area contributed by atoms with Crippen molar-refractivity contribution in [2.75, 3.05) is 34.3 Å². The molecule has 1 atom stereocenters. The van der Waals surface area contributed by atoms with E-state index in [0.717, 1.165) is 19.5 Å². The van der Waals surface area contributed by atoms with Crippen molar-refractivity contribution in [3.05, 3.63) is 0 Å². The molecule has 0 aliphatic heterocycles. The Balaban J connectivity index is 2.47. The van der Waals surface area contributed by atoms with Crippen molar-refractivity contribution in [2.45, 2.75) is 38.1 Å². The largest absolute Gasteiger partial charge is 0.468 e. The van der Waals surface area contributed by atoms with Crippen molar-refractivity contribution >= 4 is 5.97 Å². The highest BCUT2D eigenvalue weighted by Gasteiger charge is 2.37. The average molecular weight is 242 g/mol. The molecular weight excluding hydrogens is 216 g/mol.